The molecule has 0 saturated heterocycles. The molecule has 4 heteroatoms. The Morgan fingerprint density at radius 1 is 1.31 bits per heavy atom. The van der Waals surface area contributed by atoms with Gasteiger partial charge in [0.25, 0.3) is 0 Å². The van der Waals surface area contributed by atoms with E-state index in [1.54, 1.807) is 6.07 Å². The molecule has 0 amide bonds. The monoisotopic (exact) mass is 259 g/mol. The van der Waals surface area contributed by atoms with Gasteiger partial charge in [-0.3, -0.25) is 4.98 Å². The molecule has 0 fully saturated rings. The highest BCUT2D eigenvalue weighted by molar-refractivity contribution is 6.35. The highest BCUT2D eigenvalue weighted by atomic mass is 35.5. The maximum absolute atomic E-state index is 13.0. The van der Waals surface area contributed by atoms with Crippen LogP contribution in [0.2, 0.25) is 5.02 Å². The zero-order valence-electron chi connectivity index (χ0n) is 8.84. The van der Waals surface area contributed by atoms with E-state index in [4.69, 9.17) is 11.6 Å². The minimum atomic E-state index is -0.278. The number of aromatic nitrogens is 1. The first-order chi connectivity index (χ1) is 7.20. The maximum Gasteiger partial charge on any atom is 0.125 e. The molecular weight excluding hydrogens is 248 g/mol. The van der Waals surface area contributed by atoms with E-state index in [9.17, 15) is 4.39 Å². The van der Waals surface area contributed by atoms with Crippen molar-refractivity contribution >= 4 is 34.9 Å². The molecule has 1 heterocycles. The van der Waals surface area contributed by atoms with E-state index >= 15 is 0 Å². The van der Waals surface area contributed by atoms with Gasteiger partial charge in [-0.2, -0.15) is 0 Å². The maximum atomic E-state index is 13.0. The van der Waals surface area contributed by atoms with Gasteiger partial charge in [0.15, 0.2) is 0 Å². The molecule has 0 atom stereocenters. The van der Waals surface area contributed by atoms with Gasteiger partial charge in [-0.05, 0) is 24.6 Å². The van der Waals surface area contributed by atoms with Crippen molar-refractivity contribution in [1.82, 2.24) is 4.98 Å². The molecule has 0 bridgehead atoms. The van der Waals surface area contributed by atoms with E-state index in [0.29, 0.717) is 10.5 Å². The smallest absolute Gasteiger partial charge is 0.125 e. The van der Waals surface area contributed by atoms with Crippen molar-refractivity contribution in [3.63, 3.8) is 0 Å². The Hall–Kier alpha value is -0.860. The molecule has 0 spiro atoms. The van der Waals surface area contributed by atoms with Crippen LogP contribution < -0.4 is 0 Å². The number of hydrogen-bond acceptors (Lipinski definition) is 1. The molecule has 0 aliphatic carbocycles. The van der Waals surface area contributed by atoms with E-state index < -0.39 is 0 Å². The van der Waals surface area contributed by atoms with Gasteiger partial charge < -0.3 is 0 Å². The van der Waals surface area contributed by atoms with Gasteiger partial charge >= 0.3 is 0 Å². The van der Waals surface area contributed by atoms with Crippen LogP contribution in [0.4, 0.5) is 4.39 Å². The van der Waals surface area contributed by atoms with Crippen molar-refractivity contribution in [3.05, 3.63) is 40.8 Å². The van der Waals surface area contributed by atoms with E-state index in [1.807, 2.05) is 6.07 Å². The average Bonchev–Trinajstić information content (AvgIpc) is 2.17. The lowest BCUT2D eigenvalue weighted by Gasteiger charge is -2.04. The molecule has 0 unspecified atom stereocenters. The number of aryl methyl sites for hydroxylation is 1. The van der Waals surface area contributed by atoms with Gasteiger partial charge in [-0.25, -0.2) is 4.39 Å². The minimum absolute atomic E-state index is 0. The highest BCUT2D eigenvalue weighted by Crippen LogP contribution is 2.24. The van der Waals surface area contributed by atoms with Crippen LogP contribution in [0.3, 0.4) is 0 Å². The summed E-state index contributed by atoms with van der Waals surface area (Å²) in [6, 6.07) is 6.33. The molecule has 1 aromatic carbocycles. The summed E-state index contributed by atoms with van der Waals surface area (Å²) in [6.45, 7) is 2.07. The summed E-state index contributed by atoms with van der Waals surface area (Å²) in [5.74, 6) is -0.278. The second-order valence-electron chi connectivity index (χ2n) is 3.51. The molecule has 0 radical (unpaired) electrons. The molecule has 0 N–H and O–H groups in total. The van der Waals surface area contributed by atoms with Crippen molar-refractivity contribution in [3.8, 4) is 0 Å². The van der Waals surface area contributed by atoms with Gasteiger partial charge in [0.1, 0.15) is 5.82 Å². The molecule has 0 aliphatic heterocycles. The number of nitrogens with zero attached hydrogens (tertiary/aromatic N) is 1. The number of hydrogen-bond donors (Lipinski definition) is 0. The predicted octanol–water partition coefficient (Wildman–Crippen LogP) is 4.40. The summed E-state index contributed by atoms with van der Waals surface area (Å²) in [7, 11) is 0. The van der Waals surface area contributed by atoms with Crippen LogP contribution in [0, 0.1) is 5.82 Å². The van der Waals surface area contributed by atoms with Crippen molar-refractivity contribution in [2.45, 2.75) is 19.8 Å². The highest BCUT2D eigenvalue weighted by Gasteiger charge is 2.04. The Labute approximate surface area is 105 Å². The summed E-state index contributed by atoms with van der Waals surface area (Å²) in [6.07, 6.45) is 1.87. The topological polar surface area (TPSA) is 12.9 Å². The first-order valence-corrected chi connectivity index (χ1v) is 5.33. The van der Waals surface area contributed by atoms with E-state index in [1.165, 1.54) is 12.1 Å². The largest absolute Gasteiger partial charge is 0.253 e. The van der Waals surface area contributed by atoms with Crippen molar-refractivity contribution in [2.24, 2.45) is 0 Å². The predicted molar refractivity (Wildman–Crippen MR) is 68.0 cm³/mol. The van der Waals surface area contributed by atoms with Crippen molar-refractivity contribution in [1.29, 1.82) is 0 Å². The molecule has 0 saturated carbocycles. The summed E-state index contributed by atoms with van der Waals surface area (Å²) in [4.78, 5) is 4.36. The molecule has 16 heavy (non-hydrogen) atoms. The summed E-state index contributed by atoms with van der Waals surface area (Å²) < 4.78 is 13.0. The number of benzene rings is 1. The molecular formula is C12H12Cl2FN. The number of fused-ring (bicyclic) bond motifs is 1. The fraction of sp³-hybridized carbons (Fsp3) is 0.250. The zero-order valence-corrected chi connectivity index (χ0v) is 10.4. The van der Waals surface area contributed by atoms with E-state index in [2.05, 4.69) is 11.9 Å². The Balaban J connectivity index is 0.00000128. The van der Waals surface area contributed by atoms with E-state index in [0.717, 1.165) is 23.9 Å². The summed E-state index contributed by atoms with van der Waals surface area (Å²) in [5.41, 5.74) is 1.55. The van der Waals surface area contributed by atoms with Crippen LogP contribution in [0.5, 0.6) is 0 Å². The van der Waals surface area contributed by atoms with Crippen LogP contribution in [-0.4, -0.2) is 4.98 Å². The average molecular weight is 260 g/mol. The third-order valence-corrected chi connectivity index (χ3v) is 2.59. The van der Waals surface area contributed by atoms with Crippen molar-refractivity contribution in [2.75, 3.05) is 0 Å². The standard InChI is InChI=1S/C12H11ClFN.ClH/c1-2-3-9-7-11(13)10-5-4-8(14)6-12(10)15-9;/h4-7H,2-3H2,1H3;1H. The van der Waals surface area contributed by atoms with Gasteiger partial charge in [0, 0.05) is 17.1 Å². The summed E-state index contributed by atoms with van der Waals surface area (Å²) >= 11 is 6.09. The van der Waals surface area contributed by atoms with Gasteiger partial charge in [-0.15, -0.1) is 12.4 Å². The minimum Gasteiger partial charge on any atom is -0.253 e. The van der Waals surface area contributed by atoms with Crippen LogP contribution in [-0.2, 0) is 6.42 Å². The second kappa shape index (κ2) is 5.46. The van der Waals surface area contributed by atoms with Gasteiger partial charge in [-0.1, -0.05) is 24.9 Å². The lowest BCUT2D eigenvalue weighted by atomic mass is 10.1. The third kappa shape index (κ3) is 2.63. The molecule has 0 aliphatic rings. The van der Waals surface area contributed by atoms with Crippen LogP contribution in [0.25, 0.3) is 10.9 Å². The van der Waals surface area contributed by atoms with Crippen LogP contribution >= 0.6 is 24.0 Å². The van der Waals surface area contributed by atoms with Gasteiger partial charge in [0.05, 0.1) is 10.5 Å². The van der Waals surface area contributed by atoms with Crippen LogP contribution in [0.15, 0.2) is 24.3 Å². The fourth-order valence-corrected chi connectivity index (χ4v) is 1.88. The van der Waals surface area contributed by atoms with Crippen LogP contribution in [0.1, 0.15) is 19.0 Å². The van der Waals surface area contributed by atoms with E-state index in [-0.39, 0.29) is 18.2 Å². The summed E-state index contributed by atoms with van der Waals surface area (Å²) in [5, 5.41) is 1.45. The Morgan fingerprint density at radius 3 is 2.75 bits per heavy atom. The lowest BCUT2D eigenvalue weighted by molar-refractivity contribution is 0.629. The number of pyridine rings is 1. The molecule has 2 rings (SSSR count). The second-order valence-corrected chi connectivity index (χ2v) is 3.91. The Bertz CT molecular complexity index is 500. The SMILES string of the molecule is CCCc1cc(Cl)c2ccc(F)cc2n1.Cl. The number of rotatable bonds is 2. The van der Waals surface area contributed by atoms with Gasteiger partial charge in [0.2, 0.25) is 0 Å². The first kappa shape index (κ1) is 13.2. The normalized spacial score (nSPS) is 10.2. The molecule has 1 aromatic heterocycles. The quantitative estimate of drug-likeness (QED) is 0.779. The third-order valence-electron chi connectivity index (χ3n) is 2.28. The molecule has 86 valence electrons. The molecule has 2 aromatic rings. The fourth-order valence-electron chi connectivity index (χ4n) is 1.59. The first-order valence-electron chi connectivity index (χ1n) is 4.95. The van der Waals surface area contributed by atoms with Crippen molar-refractivity contribution < 1.29 is 4.39 Å². The Morgan fingerprint density at radius 2 is 2.06 bits per heavy atom. The Kier molecular flexibility index (Phi) is 4.51. The zero-order chi connectivity index (χ0) is 10.8. The number of halogens is 3. The lowest BCUT2D eigenvalue weighted by Crippen LogP contribution is -1.91. The molecule has 1 nitrogen and oxygen atoms in total.